The third-order valence-electron chi connectivity index (χ3n) is 2.01. The van der Waals surface area contributed by atoms with E-state index in [1.54, 1.807) is 0 Å². The van der Waals surface area contributed by atoms with Crippen LogP contribution in [0.15, 0.2) is 24.3 Å². The molecule has 15 heavy (non-hydrogen) atoms. The van der Waals surface area contributed by atoms with Gasteiger partial charge in [-0.05, 0) is 25.0 Å². The highest BCUT2D eigenvalue weighted by atomic mass is 79.9. The number of benzene rings is 1. The molecule has 0 saturated heterocycles. The maximum Gasteiger partial charge on any atom is 0.230 e. The number of nitrogens with one attached hydrogen (secondary N) is 1. The summed E-state index contributed by atoms with van der Waals surface area (Å²) in [7, 11) is 0. The lowest BCUT2D eigenvalue weighted by molar-refractivity contribution is -0.119. The molecular weight excluding hydrogens is 277 g/mol. The van der Waals surface area contributed by atoms with Crippen molar-refractivity contribution in [3.8, 4) is 0 Å². The summed E-state index contributed by atoms with van der Waals surface area (Å²) in [4.78, 5) is 11.1. The predicted molar refractivity (Wildman–Crippen MR) is 66.6 cm³/mol. The number of amides is 1. The minimum atomic E-state index is -0.00504. The van der Waals surface area contributed by atoms with Gasteiger partial charge in [0, 0.05) is 11.1 Å². The molecule has 0 heterocycles. The van der Waals surface area contributed by atoms with Crippen LogP contribution in [-0.4, -0.2) is 17.3 Å². The van der Waals surface area contributed by atoms with Crippen LogP contribution in [0.3, 0.4) is 0 Å². The standard InChI is InChI=1S/C11H13BrClNO/c1-8(14-11(15)7-12)6-9-4-2-3-5-10(9)13/h2-5,8H,6-7H2,1H3,(H,14,15). The lowest BCUT2D eigenvalue weighted by Crippen LogP contribution is -2.34. The second-order valence-corrected chi connectivity index (χ2v) is 4.37. The van der Waals surface area contributed by atoms with Crippen molar-refractivity contribution in [2.45, 2.75) is 19.4 Å². The molecule has 2 nitrogen and oxygen atoms in total. The largest absolute Gasteiger partial charge is 0.353 e. The van der Waals surface area contributed by atoms with Crippen molar-refractivity contribution < 1.29 is 4.79 Å². The molecule has 1 N–H and O–H groups in total. The summed E-state index contributed by atoms with van der Waals surface area (Å²) in [5.74, 6) is -0.00504. The molecule has 0 aliphatic rings. The average Bonchev–Trinajstić information content (AvgIpc) is 2.21. The van der Waals surface area contributed by atoms with E-state index in [1.165, 1.54) is 0 Å². The Morgan fingerprint density at radius 3 is 2.80 bits per heavy atom. The van der Waals surface area contributed by atoms with E-state index in [9.17, 15) is 4.79 Å². The van der Waals surface area contributed by atoms with Crippen LogP contribution in [0.4, 0.5) is 0 Å². The zero-order valence-electron chi connectivity index (χ0n) is 8.47. The van der Waals surface area contributed by atoms with E-state index in [-0.39, 0.29) is 11.9 Å². The van der Waals surface area contributed by atoms with Crippen LogP contribution in [0, 0.1) is 0 Å². The lowest BCUT2D eigenvalue weighted by atomic mass is 10.1. The van der Waals surface area contributed by atoms with Crippen molar-refractivity contribution in [3.63, 3.8) is 0 Å². The molecule has 0 aromatic heterocycles. The monoisotopic (exact) mass is 289 g/mol. The van der Waals surface area contributed by atoms with E-state index in [4.69, 9.17) is 11.6 Å². The summed E-state index contributed by atoms with van der Waals surface area (Å²) in [6, 6.07) is 7.76. The van der Waals surface area contributed by atoms with Crippen LogP contribution < -0.4 is 5.32 Å². The summed E-state index contributed by atoms with van der Waals surface area (Å²) in [6.07, 6.45) is 0.748. The fourth-order valence-corrected chi connectivity index (χ4v) is 1.73. The Morgan fingerprint density at radius 1 is 1.53 bits per heavy atom. The van der Waals surface area contributed by atoms with Crippen LogP contribution in [0.1, 0.15) is 12.5 Å². The van der Waals surface area contributed by atoms with Gasteiger partial charge in [0.2, 0.25) is 5.91 Å². The Hall–Kier alpha value is -0.540. The second kappa shape index (κ2) is 6.13. The Bertz CT molecular complexity index is 343. The molecular formula is C11H13BrClNO. The highest BCUT2D eigenvalue weighted by Gasteiger charge is 2.08. The van der Waals surface area contributed by atoms with Crippen molar-refractivity contribution in [3.05, 3.63) is 34.9 Å². The number of halogens is 2. The fraction of sp³-hybridized carbons (Fsp3) is 0.364. The molecule has 0 spiro atoms. The van der Waals surface area contributed by atoms with Gasteiger partial charge in [0.25, 0.3) is 0 Å². The van der Waals surface area contributed by atoms with Crippen molar-refractivity contribution >= 4 is 33.4 Å². The van der Waals surface area contributed by atoms with Crippen LogP contribution >= 0.6 is 27.5 Å². The third kappa shape index (κ3) is 4.22. The normalized spacial score (nSPS) is 12.2. The van der Waals surface area contributed by atoms with Crippen LogP contribution in [-0.2, 0) is 11.2 Å². The van der Waals surface area contributed by atoms with Gasteiger partial charge >= 0.3 is 0 Å². The maximum atomic E-state index is 11.1. The predicted octanol–water partition coefficient (Wildman–Crippen LogP) is 2.78. The van der Waals surface area contributed by atoms with Crippen molar-refractivity contribution in [1.29, 1.82) is 0 Å². The van der Waals surface area contributed by atoms with Crippen molar-refractivity contribution in [1.82, 2.24) is 5.32 Å². The van der Waals surface area contributed by atoms with Gasteiger partial charge in [-0.1, -0.05) is 45.7 Å². The minimum absolute atomic E-state index is 0.00504. The third-order valence-corrected chi connectivity index (χ3v) is 2.89. The molecule has 0 aliphatic heterocycles. The van der Waals surface area contributed by atoms with E-state index >= 15 is 0 Å². The number of hydrogen-bond acceptors (Lipinski definition) is 1. The highest BCUT2D eigenvalue weighted by Crippen LogP contribution is 2.16. The number of hydrogen-bond donors (Lipinski definition) is 1. The molecule has 1 aromatic carbocycles. The van der Waals surface area contributed by atoms with Crippen molar-refractivity contribution in [2.24, 2.45) is 0 Å². The van der Waals surface area contributed by atoms with Crippen LogP contribution in [0.5, 0.6) is 0 Å². The molecule has 0 saturated carbocycles. The SMILES string of the molecule is CC(Cc1ccccc1Cl)NC(=O)CBr. The first-order valence-electron chi connectivity index (χ1n) is 4.72. The van der Waals surface area contributed by atoms with E-state index in [1.807, 2.05) is 31.2 Å². The molecule has 0 fully saturated rings. The maximum absolute atomic E-state index is 11.1. The zero-order chi connectivity index (χ0) is 11.3. The summed E-state index contributed by atoms with van der Waals surface area (Å²) >= 11 is 9.12. The van der Waals surface area contributed by atoms with E-state index in [0.717, 1.165) is 17.0 Å². The number of alkyl halides is 1. The molecule has 1 atom stereocenters. The Balaban J connectivity index is 2.55. The minimum Gasteiger partial charge on any atom is -0.353 e. The topological polar surface area (TPSA) is 29.1 Å². The molecule has 82 valence electrons. The van der Waals surface area contributed by atoms with Gasteiger partial charge in [0.1, 0.15) is 0 Å². The van der Waals surface area contributed by atoms with Crippen molar-refractivity contribution in [2.75, 3.05) is 5.33 Å². The molecule has 1 unspecified atom stereocenters. The molecule has 1 aromatic rings. The van der Waals surface area contributed by atoms with Crippen LogP contribution in [0.25, 0.3) is 0 Å². The summed E-state index contributed by atoms with van der Waals surface area (Å²) in [5.41, 5.74) is 1.06. The van der Waals surface area contributed by atoms with Gasteiger partial charge in [-0.25, -0.2) is 0 Å². The van der Waals surface area contributed by atoms with Gasteiger partial charge in [0.15, 0.2) is 0 Å². The molecule has 0 aliphatic carbocycles. The summed E-state index contributed by atoms with van der Waals surface area (Å²) < 4.78 is 0. The molecule has 0 radical (unpaired) electrons. The average molecular weight is 291 g/mol. The van der Waals surface area contributed by atoms with E-state index < -0.39 is 0 Å². The quantitative estimate of drug-likeness (QED) is 0.849. The van der Waals surface area contributed by atoms with Gasteiger partial charge < -0.3 is 5.32 Å². The van der Waals surface area contributed by atoms with Gasteiger partial charge in [-0.3, -0.25) is 4.79 Å². The lowest BCUT2D eigenvalue weighted by Gasteiger charge is -2.13. The molecule has 1 rings (SSSR count). The Morgan fingerprint density at radius 2 is 2.20 bits per heavy atom. The smallest absolute Gasteiger partial charge is 0.230 e. The van der Waals surface area contributed by atoms with E-state index in [2.05, 4.69) is 21.2 Å². The number of carbonyl (C=O) groups excluding carboxylic acids is 1. The molecule has 4 heteroatoms. The number of carbonyl (C=O) groups is 1. The first-order valence-corrected chi connectivity index (χ1v) is 6.22. The summed E-state index contributed by atoms with van der Waals surface area (Å²) in [5, 5.41) is 3.94. The van der Waals surface area contributed by atoms with Crippen LogP contribution in [0.2, 0.25) is 5.02 Å². The fourth-order valence-electron chi connectivity index (χ4n) is 1.36. The second-order valence-electron chi connectivity index (χ2n) is 3.40. The zero-order valence-corrected chi connectivity index (χ0v) is 10.8. The number of rotatable bonds is 4. The molecule has 0 bridgehead atoms. The molecule has 1 amide bonds. The Labute approximate surface area is 103 Å². The van der Waals surface area contributed by atoms with Gasteiger partial charge in [-0.2, -0.15) is 0 Å². The van der Waals surface area contributed by atoms with Gasteiger partial charge in [-0.15, -0.1) is 0 Å². The van der Waals surface area contributed by atoms with E-state index in [0.29, 0.717) is 5.33 Å². The summed E-state index contributed by atoms with van der Waals surface area (Å²) in [6.45, 7) is 1.96. The first kappa shape index (κ1) is 12.5. The first-order chi connectivity index (χ1) is 7.13. The van der Waals surface area contributed by atoms with Gasteiger partial charge in [0.05, 0.1) is 5.33 Å². The Kier molecular flexibility index (Phi) is 5.12. The highest BCUT2D eigenvalue weighted by molar-refractivity contribution is 9.09.